The molecule has 1 N–H and O–H groups in total. The SMILES string of the molecule is O=S(=O)(NCC1CCCCS1)c1cnccc1Cl. The van der Waals surface area contributed by atoms with E-state index in [0.717, 1.165) is 12.2 Å². The standard InChI is InChI=1S/C11H15ClN2O2S2/c12-10-4-5-13-8-11(10)18(15,16)14-7-9-3-1-2-6-17-9/h4-5,8-9,14H,1-3,6-7H2. The van der Waals surface area contributed by atoms with Crippen LogP contribution in [0.2, 0.25) is 5.02 Å². The van der Waals surface area contributed by atoms with Gasteiger partial charge in [0.25, 0.3) is 0 Å². The van der Waals surface area contributed by atoms with Crippen LogP contribution in [0.5, 0.6) is 0 Å². The maximum atomic E-state index is 12.1. The van der Waals surface area contributed by atoms with Crippen molar-refractivity contribution >= 4 is 33.4 Å². The van der Waals surface area contributed by atoms with Crippen molar-refractivity contribution in [1.82, 2.24) is 9.71 Å². The van der Waals surface area contributed by atoms with Crippen LogP contribution in [0.4, 0.5) is 0 Å². The number of nitrogens with zero attached hydrogens (tertiary/aromatic N) is 1. The van der Waals surface area contributed by atoms with Crippen molar-refractivity contribution in [3.63, 3.8) is 0 Å². The third-order valence-corrected chi connectivity index (χ3v) is 6.09. The fourth-order valence-electron chi connectivity index (χ4n) is 1.81. The molecule has 1 unspecified atom stereocenters. The predicted octanol–water partition coefficient (Wildman–Crippen LogP) is 2.30. The van der Waals surface area contributed by atoms with Crippen LogP contribution in [0, 0.1) is 0 Å². The van der Waals surface area contributed by atoms with Crippen molar-refractivity contribution in [2.75, 3.05) is 12.3 Å². The van der Waals surface area contributed by atoms with Crippen molar-refractivity contribution in [1.29, 1.82) is 0 Å². The van der Waals surface area contributed by atoms with E-state index in [9.17, 15) is 8.42 Å². The number of sulfonamides is 1. The van der Waals surface area contributed by atoms with Gasteiger partial charge in [-0.15, -0.1) is 0 Å². The average Bonchev–Trinajstić information content (AvgIpc) is 2.38. The van der Waals surface area contributed by atoms with Crippen LogP contribution in [-0.4, -0.2) is 30.9 Å². The topological polar surface area (TPSA) is 59.1 Å². The number of hydrogen-bond donors (Lipinski definition) is 1. The number of thioether (sulfide) groups is 1. The van der Waals surface area contributed by atoms with E-state index in [1.807, 2.05) is 11.8 Å². The molecular formula is C11H15ClN2O2S2. The zero-order chi connectivity index (χ0) is 13.0. The second-order valence-corrected chi connectivity index (χ2v) is 7.70. The first-order valence-electron chi connectivity index (χ1n) is 5.80. The average molecular weight is 307 g/mol. The fraction of sp³-hybridized carbons (Fsp3) is 0.545. The van der Waals surface area contributed by atoms with Crippen LogP contribution in [0.1, 0.15) is 19.3 Å². The molecule has 18 heavy (non-hydrogen) atoms. The Bertz CT molecular complexity index is 502. The van der Waals surface area contributed by atoms with Crippen molar-refractivity contribution in [2.24, 2.45) is 0 Å². The molecule has 0 saturated carbocycles. The third-order valence-electron chi connectivity index (χ3n) is 2.80. The molecule has 0 amide bonds. The minimum absolute atomic E-state index is 0.0486. The molecule has 100 valence electrons. The molecule has 0 aromatic carbocycles. The summed E-state index contributed by atoms with van der Waals surface area (Å²) in [6.07, 6.45) is 6.21. The number of aromatic nitrogens is 1. The molecule has 1 aliphatic heterocycles. The number of nitrogens with one attached hydrogen (secondary N) is 1. The summed E-state index contributed by atoms with van der Waals surface area (Å²) in [5.74, 6) is 1.11. The molecule has 1 aliphatic rings. The highest BCUT2D eigenvalue weighted by Crippen LogP contribution is 2.25. The maximum Gasteiger partial charge on any atom is 0.243 e. The summed E-state index contributed by atoms with van der Waals surface area (Å²) >= 11 is 7.69. The first kappa shape index (κ1) is 14.1. The number of pyridine rings is 1. The monoisotopic (exact) mass is 306 g/mol. The van der Waals surface area contributed by atoms with Gasteiger partial charge in [0.2, 0.25) is 10.0 Å². The molecule has 0 bridgehead atoms. The summed E-state index contributed by atoms with van der Waals surface area (Å²) in [7, 11) is -3.55. The first-order valence-corrected chi connectivity index (χ1v) is 8.71. The highest BCUT2D eigenvalue weighted by atomic mass is 35.5. The molecule has 1 aromatic heterocycles. The van der Waals surface area contributed by atoms with Crippen LogP contribution >= 0.6 is 23.4 Å². The van der Waals surface area contributed by atoms with E-state index in [4.69, 9.17) is 11.6 Å². The van der Waals surface area contributed by atoms with Gasteiger partial charge in [-0.2, -0.15) is 11.8 Å². The zero-order valence-electron chi connectivity index (χ0n) is 9.80. The van der Waals surface area contributed by atoms with Crippen molar-refractivity contribution < 1.29 is 8.42 Å². The second kappa shape index (κ2) is 6.23. The van der Waals surface area contributed by atoms with E-state index in [2.05, 4.69) is 9.71 Å². The van der Waals surface area contributed by atoms with Crippen LogP contribution in [0.15, 0.2) is 23.4 Å². The van der Waals surface area contributed by atoms with Crippen molar-refractivity contribution in [2.45, 2.75) is 29.4 Å². The normalized spacial score (nSPS) is 20.8. The largest absolute Gasteiger partial charge is 0.263 e. The fourth-order valence-corrected chi connectivity index (χ4v) is 4.66. The van der Waals surface area contributed by atoms with E-state index in [1.165, 1.54) is 31.3 Å². The Balaban J connectivity index is 2.01. The molecule has 4 nitrogen and oxygen atoms in total. The highest BCUT2D eigenvalue weighted by molar-refractivity contribution is 8.00. The summed E-state index contributed by atoms with van der Waals surface area (Å²) in [5.41, 5.74) is 0. The number of halogens is 1. The summed E-state index contributed by atoms with van der Waals surface area (Å²) in [5, 5.41) is 0.567. The minimum atomic E-state index is -3.55. The van der Waals surface area contributed by atoms with Gasteiger partial charge in [-0.1, -0.05) is 18.0 Å². The van der Waals surface area contributed by atoms with E-state index < -0.39 is 10.0 Å². The predicted molar refractivity (Wildman–Crippen MR) is 74.5 cm³/mol. The lowest BCUT2D eigenvalue weighted by atomic mass is 10.2. The number of rotatable bonds is 4. The van der Waals surface area contributed by atoms with Crippen LogP contribution in [0.25, 0.3) is 0 Å². The van der Waals surface area contributed by atoms with Crippen LogP contribution in [-0.2, 0) is 10.0 Å². The molecule has 2 heterocycles. The van der Waals surface area contributed by atoms with Gasteiger partial charge in [0.1, 0.15) is 4.90 Å². The molecule has 0 aliphatic carbocycles. The highest BCUT2D eigenvalue weighted by Gasteiger charge is 2.21. The number of hydrogen-bond acceptors (Lipinski definition) is 4. The van der Waals surface area contributed by atoms with Gasteiger partial charge >= 0.3 is 0 Å². The zero-order valence-corrected chi connectivity index (χ0v) is 12.2. The van der Waals surface area contributed by atoms with Crippen molar-refractivity contribution in [3.05, 3.63) is 23.5 Å². The van der Waals surface area contributed by atoms with Gasteiger partial charge in [0.15, 0.2) is 0 Å². The van der Waals surface area contributed by atoms with Gasteiger partial charge in [0.05, 0.1) is 5.02 Å². The lowest BCUT2D eigenvalue weighted by molar-refractivity contribution is 0.573. The Hall–Kier alpha value is -0.300. The van der Waals surface area contributed by atoms with Gasteiger partial charge in [-0.3, -0.25) is 4.98 Å². The molecule has 1 fully saturated rings. The van der Waals surface area contributed by atoms with Gasteiger partial charge in [-0.05, 0) is 24.7 Å². The Kier molecular flexibility index (Phi) is 4.89. The summed E-state index contributed by atoms with van der Waals surface area (Å²) in [6.45, 7) is 0.457. The molecule has 1 atom stereocenters. The Morgan fingerprint density at radius 2 is 2.33 bits per heavy atom. The van der Waals surface area contributed by atoms with Gasteiger partial charge in [0, 0.05) is 24.2 Å². The van der Waals surface area contributed by atoms with E-state index in [0.29, 0.717) is 11.8 Å². The lowest BCUT2D eigenvalue weighted by Crippen LogP contribution is -2.32. The van der Waals surface area contributed by atoms with Gasteiger partial charge < -0.3 is 0 Å². The molecule has 0 spiro atoms. The first-order chi connectivity index (χ1) is 8.59. The molecule has 0 radical (unpaired) electrons. The molecule has 1 aromatic rings. The van der Waals surface area contributed by atoms with E-state index in [-0.39, 0.29) is 9.92 Å². The third kappa shape index (κ3) is 3.60. The molecule has 1 saturated heterocycles. The summed E-state index contributed by atoms with van der Waals surface area (Å²) in [4.78, 5) is 3.85. The molecule has 2 rings (SSSR count). The summed E-state index contributed by atoms with van der Waals surface area (Å²) < 4.78 is 26.7. The Labute approximate surface area is 117 Å². The Morgan fingerprint density at radius 1 is 1.50 bits per heavy atom. The van der Waals surface area contributed by atoms with Gasteiger partial charge in [-0.25, -0.2) is 13.1 Å². The minimum Gasteiger partial charge on any atom is -0.263 e. The molecular weight excluding hydrogens is 292 g/mol. The van der Waals surface area contributed by atoms with E-state index >= 15 is 0 Å². The smallest absolute Gasteiger partial charge is 0.243 e. The maximum absolute atomic E-state index is 12.1. The molecule has 7 heteroatoms. The van der Waals surface area contributed by atoms with Crippen molar-refractivity contribution in [3.8, 4) is 0 Å². The Morgan fingerprint density at radius 3 is 3.00 bits per heavy atom. The second-order valence-electron chi connectivity index (χ2n) is 4.15. The van der Waals surface area contributed by atoms with Crippen LogP contribution in [0.3, 0.4) is 0 Å². The quantitative estimate of drug-likeness (QED) is 0.927. The lowest BCUT2D eigenvalue weighted by Gasteiger charge is -2.21. The summed E-state index contributed by atoms with van der Waals surface area (Å²) in [6, 6.07) is 1.48. The van der Waals surface area contributed by atoms with E-state index in [1.54, 1.807) is 0 Å². The van der Waals surface area contributed by atoms with Crippen LogP contribution < -0.4 is 4.72 Å².